The van der Waals surface area contributed by atoms with E-state index in [4.69, 9.17) is 10.5 Å². The molecule has 0 atom stereocenters. The molecule has 0 amide bonds. The summed E-state index contributed by atoms with van der Waals surface area (Å²) in [4.78, 5) is 0. The number of hydrogen-bond acceptors (Lipinski definition) is 3. The number of rotatable bonds is 1. The molecule has 1 heterocycles. The van der Waals surface area contributed by atoms with E-state index in [-0.39, 0.29) is 0 Å². The van der Waals surface area contributed by atoms with E-state index in [0.29, 0.717) is 0 Å². The van der Waals surface area contributed by atoms with E-state index in [0.717, 1.165) is 19.7 Å². The Morgan fingerprint density at radius 3 is 2.92 bits per heavy atom. The van der Waals surface area contributed by atoms with Gasteiger partial charge in [-0.05, 0) is 34.7 Å². The fourth-order valence-corrected chi connectivity index (χ4v) is 3.43. The molecule has 0 saturated carbocycles. The quantitative estimate of drug-likeness (QED) is 0.649. The lowest BCUT2D eigenvalue weighted by Crippen LogP contribution is -1.87. The van der Waals surface area contributed by atoms with Gasteiger partial charge in [-0.15, -0.1) is 11.3 Å². The third-order valence-corrected chi connectivity index (χ3v) is 3.94. The van der Waals surface area contributed by atoms with Crippen molar-refractivity contribution in [3.8, 4) is 5.75 Å². The molecule has 0 saturated heterocycles. The molecule has 2 N–H and O–H groups in total. The van der Waals surface area contributed by atoms with Crippen LogP contribution in [0.25, 0.3) is 10.1 Å². The Labute approximate surface area is 93.8 Å². The SMILES string of the molecule is COc1c(I)sc2cccc(N)c12. The lowest BCUT2D eigenvalue weighted by atomic mass is 10.2. The molecule has 0 aliphatic carbocycles. The number of benzene rings is 1. The number of nitrogen functional groups attached to an aromatic ring is 1. The van der Waals surface area contributed by atoms with Crippen molar-refractivity contribution in [1.29, 1.82) is 0 Å². The molecule has 0 fully saturated rings. The molecule has 2 nitrogen and oxygen atoms in total. The summed E-state index contributed by atoms with van der Waals surface area (Å²) in [6.45, 7) is 0. The van der Waals surface area contributed by atoms with Crippen LogP contribution in [-0.2, 0) is 0 Å². The maximum atomic E-state index is 5.87. The van der Waals surface area contributed by atoms with E-state index in [1.165, 1.54) is 4.70 Å². The van der Waals surface area contributed by atoms with Gasteiger partial charge in [0, 0.05) is 10.4 Å². The zero-order valence-electron chi connectivity index (χ0n) is 7.00. The van der Waals surface area contributed by atoms with Crippen molar-refractivity contribution >= 4 is 49.7 Å². The molecule has 0 unspecified atom stereocenters. The third-order valence-electron chi connectivity index (χ3n) is 1.87. The molecule has 1 aromatic heterocycles. The standard InChI is InChI=1S/C9H8INOS/c1-12-8-7-5(11)3-2-4-6(7)13-9(8)10/h2-4H,11H2,1H3. The van der Waals surface area contributed by atoms with E-state index in [1.807, 2.05) is 12.1 Å². The number of nitrogens with two attached hydrogens (primary N) is 1. The Hall–Kier alpha value is -0.490. The van der Waals surface area contributed by atoms with Crippen LogP contribution in [0.3, 0.4) is 0 Å². The largest absolute Gasteiger partial charge is 0.494 e. The van der Waals surface area contributed by atoms with Crippen molar-refractivity contribution in [2.24, 2.45) is 0 Å². The van der Waals surface area contributed by atoms with Gasteiger partial charge in [-0.1, -0.05) is 6.07 Å². The van der Waals surface area contributed by atoms with Crippen molar-refractivity contribution in [3.05, 3.63) is 21.1 Å². The van der Waals surface area contributed by atoms with E-state index in [9.17, 15) is 0 Å². The van der Waals surface area contributed by atoms with E-state index >= 15 is 0 Å². The zero-order chi connectivity index (χ0) is 9.42. The molecule has 1 aromatic carbocycles. The van der Waals surface area contributed by atoms with Gasteiger partial charge in [0.1, 0.15) is 2.88 Å². The second kappa shape index (κ2) is 3.34. The van der Waals surface area contributed by atoms with Gasteiger partial charge < -0.3 is 10.5 Å². The fourth-order valence-electron chi connectivity index (χ4n) is 1.30. The summed E-state index contributed by atoms with van der Waals surface area (Å²) in [6.07, 6.45) is 0. The first-order chi connectivity index (χ1) is 6.24. The van der Waals surface area contributed by atoms with Crippen LogP contribution in [0.4, 0.5) is 5.69 Å². The minimum atomic E-state index is 0.786. The van der Waals surface area contributed by atoms with Crippen molar-refractivity contribution < 1.29 is 4.74 Å². The predicted molar refractivity (Wildman–Crippen MR) is 65.5 cm³/mol. The number of fused-ring (bicyclic) bond motifs is 1. The minimum Gasteiger partial charge on any atom is -0.494 e. The lowest BCUT2D eigenvalue weighted by Gasteiger charge is -2.00. The monoisotopic (exact) mass is 305 g/mol. The van der Waals surface area contributed by atoms with Crippen LogP contribution in [-0.4, -0.2) is 7.11 Å². The van der Waals surface area contributed by atoms with Gasteiger partial charge in [0.25, 0.3) is 0 Å². The van der Waals surface area contributed by atoms with E-state index in [1.54, 1.807) is 18.4 Å². The van der Waals surface area contributed by atoms with Gasteiger partial charge in [-0.2, -0.15) is 0 Å². The maximum Gasteiger partial charge on any atom is 0.152 e. The van der Waals surface area contributed by atoms with Crippen LogP contribution in [0.2, 0.25) is 0 Å². The predicted octanol–water partition coefficient (Wildman–Crippen LogP) is 3.10. The van der Waals surface area contributed by atoms with Gasteiger partial charge in [0.15, 0.2) is 5.75 Å². The molecule has 0 aliphatic heterocycles. The first-order valence-corrected chi connectivity index (χ1v) is 5.64. The highest BCUT2D eigenvalue weighted by atomic mass is 127. The summed E-state index contributed by atoms with van der Waals surface area (Å²) in [5.74, 6) is 0.902. The summed E-state index contributed by atoms with van der Waals surface area (Å²) in [5, 5.41) is 1.04. The minimum absolute atomic E-state index is 0.786. The van der Waals surface area contributed by atoms with Gasteiger partial charge >= 0.3 is 0 Å². The number of hydrogen-bond donors (Lipinski definition) is 1. The van der Waals surface area contributed by atoms with Crippen molar-refractivity contribution in [2.45, 2.75) is 0 Å². The molecule has 4 heteroatoms. The number of ether oxygens (including phenoxy) is 1. The highest BCUT2D eigenvalue weighted by Crippen LogP contribution is 2.41. The molecule has 0 bridgehead atoms. The molecule has 0 aliphatic rings. The molecule has 0 radical (unpaired) electrons. The average molecular weight is 305 g/mol. The van der Waals surface area contributed by atoms with Gasteiger partial charge in [0.2, 0.25) is 0 Å². The Bertz CT molecular complexity index is 452. The molecule has 0 spiro atoms. The number of thiophene rings is 1. The molecule has 68 valence electrons. The summed E-state index contributed by atoms with van der Waals surface area (Å²) in [6, 6.07) is 5.92. The van der Waals surface area contributed by atoms with Crippen LogP contribution < -0.4 is 10.5 Å². The summed E-state index contributed by atoms with van der Waals surface area (Å²) < 4.78 is 7.63. The molecular weight excluding hydrogens is 297 g/mol. The highest BCUT2D eigenvalue weighted by molar-refractivity contribution is 14.1. The second-order valence-electron chi connectivity index (χ2n) is 2.63. The summed E-state index contributed by atoms with van der Waals surface area (Å²) in [7, 11) is 1.68. The van der Waals surface area contributed by atoms with E-state index in [2.05, 4.69) is 28.7 Å². The van der Waals surface area contributed by atoms with Crippen LogP contribution in [0.15, 0.2) is 18.2 Å². The topological polar surface area (TPSA) is 35.2 Å². The smallest absolute Gasteiger partial charge is 0.152 e. The average Bonchev–Trinajstić information content (AvgIpc) is 2.42. The summed E-state index contributed by atoms with van der Waals surface area (Å²) >= 11 is 3.97. The second-order valence-corrected chi connectivity index (χ2v) is 5.49. The van der Waals surface area contributed by atoms with Crippen LogP contribution in [0.5, 0.6) is 5.75 Å². The van der Waals surface area contributed by atoms with Gasteiger partial charge in [-0.3, -0.25) is 0 Å². The number of anilines is 1. The van der Waals surface area contributed by atoms with Gasteiger partial charge in [0.05, 0.1) is 12.5 Å². The Kier molecular flexibility index (Phi) is 2.33. The molecule has 2 aromatic rings. The third kappa shape index (κ3) is 1.38. The number of methoxy groups -OCH3 is 1. The maximum absolute atomic E-state index is 5.87. The Morgan fingerprint density at radius 1 is 1.46 bits per heavy atom. The first kappa shape index (κ1) is 9.08. The Balaban J connectivity index is 2.88. The highest BCUT2D eigenvalue weighted by Gasteiger charge is 2.12. The van der Waals surface area contributed by atoms with Crippen LogP contribution in [0.1, 0.15) is 0 Å². The number of halogens is 1. The van der Waals surface area contributed by atoms with Crippen molar-refractivity contribution in [1.82, 2.24) is 0 Å². The van der Waals surface area contributed by atoms with E-state index < -0.39 is 0 Å². The summed E-state index contributed by atoms with van der Waals surface area (Å²) in [5.41, 5.74) is 6.65. The fraction of sp³-hybridized carbons (Fsp3) is 0.111. The van der Waals surface area contributed by atoms with Gasteiger partial charge in [-0.25, -0.2) is 0 Å². The van der Waals surface area contributed by atoms with Crippen molar-refractivity contribution in [2.75, 3.05) is 12.8 Å². The first-order valence-electron chi connectivity index (χ1n) is 3.74. The van der Waals surface area contributed by atoms with Crippen LogP contribution >= 0.6 is 33.9 Å². The zero-order valence-corrected chi connectivity index (χ0v) is 9.98. The van der Waals surface area contributed by atoms with Crippen molar-refractivity contribution in [3.63, 3.8) is 0 Å². The van der Waals surface area contributed by atoms with Crippen LogP contribution in [0, 0.1) is 2.88 Å². The molecule has 13 heavy (non-hydrogen) atoms. The molecule has 2 rings (SSSR count). The Morgan fingerprint density at radius 2 is 2.23 bits per heavy atom. The lowest BCUT2D eigenvalue weighted by molar-refractivity contribution is 0.419. The normalized spacial score (nSPS) is 10.6. The molecular formula is C9H8INOS.